The van der Waals surface area contributed by atoms with Gasteiger partial charge < -0.3 is 15.0 Å². The molecular formula is C15H18N2O3. The van der Waals surface area contributed by atoms with Gasteiger partial charge in [-0.25, -0.2) is 4.79 Å². The molecule has 1 fully saturated rings. The van der Waals surface area contributed by atoms with E-state index in [0.29, 0.717) is 25.9 Å². The molecule has 1 aromatic rings. The lowest BCUT2D eigenvalue weighted by Gasteiger charge is -2.33. The molecule has 106 valence electrons. The quantitative estimate of drug-likeness (QED) is 0.676. The van der Waals surface area contributed by atoms with Crippen LogP contribution in [0.1, 0.15) is 12.0 Å². The number of nitrogens with zero attached hydrogens (tertiary/aromatic N) is 1. The Hall–Kier alpha value is -2.30. The van der Waals surface area contributed by atoms with Gasteiger partial charge in [0.1, 0.15) is 0 Å². The topological polar surface area (TPSA) is 58.6 Å². The minimum atomic E-state index is -0.222. The van der Waals surface area contributed by atoms with Gasteiger partial charge in [-0.05, 0) is 29.7 Å². The van der Waals surface area contributed by atoms with Crippen molar-refractivity contribution in [2.75, 3.05) is 25.5 Å². The van der Waals surface area contributed by atoms with Crippen molar-refractivity contribution >= 4 is 17.7 Å². The largest absolute Gasteiger partial charge is 0.469 e. The van der Waals surface area contributed by atoms with E-state index in [9.17, 15) is 9.59 Å². The third-order valence-corrected chi connectivity index (χ3v) is 3.17. The molecule has 20 heavy (non-hydrogen) atoms. The van der Waals surface area contributed by atoms with E-state index >= 15 is 0 Å². The summed E-state index contributed by atoms with van der Waals surface area (Å²) in [5, 5.41) is 2.82. The summed E-state index contributed by atoms with van der Waals surface area (Å²) < 4.78 is 4.59. The second kappa shape index (κ2) is 6.23. The van der Waals surface area contributed by atoms with Crippen molar-refractivity contribution in [1.82, 2.24) is 4.90 Å². The highest BCUT2D eigenvalue weighted by Crippen LogP contribution is 2.16. The fourth-order valence-electron chi connectivity index (χ4n) is 1.94. The highest BCUT2D eigenvalue weighted by molar-refractivity contribution is 5.90. The van der Waals surface area contributed by atoms with Crippen LogP contribution >= 0.6 is 0 Å². The standard InChI is InChI=1S/C15H18N2O3/c1-11-9-17(10-11)15(19)16-13-6-3-12(4-7-13)5-8-14(18)20-2/h3-4,6-7H,1,5,8-10H2,2H3,(H,16,19). The number of aryl methyl sites for hydroxylation is 1. The maximum atomic E-state index is 11.8. The number of hydrogen-bond donors (Lipinski definition) is 1. The van der Waals surface area contributed by atoms with Crippen LogP contribution in [-0.4, -0.2) is 37.1 Å². The number of amides is 2. The minimum absolute atomic E-state index is 0.111. The first-order valence-electron chi connectivity index (χ1n) is 6.47. The van der Waals surface area contributed by atoms with Gasteiger partial charge in [-0.2, -0.15) is 0 Å². The van der Waals surface area contributed by atoms with Gasteiger partial charge in [0.25, 0.3) is 0 Å². The number of urea groups is 1. The summed E-state index contributed by atoms with van der Waals surface area (Å²) >= 11 is 0. The van der Waals surface area contributed by atoms with Gasteiger partial charge in [0.05, 0.1) is 7.11 Å². The lowest BCUT2D eigenvalue weighted by atomic mass is 10.1. The summed E-state index contributed by atoms with van der Waals surface area (Å²) in [7, 11) is 1.38. The van der Waals surface area contributed by atoms with Gasteiger partial charge in [-0.15, -0.1) is 0 Å². The first-order valence-corrected chi connectivity index (χ1v) is 6.47. The zero-order chi connectivity index (χ0) is 14.5. The second-order valence-corrected chi connectivity index (χ2v) is 4.81. The van der Waals surface area contributed by atoms with Gasteiger partial charge in [0.15, 0.2) is 0 Å². The summed E-state index contributed by atoms with van der Waals surface area (Å²) in [4.78, 5) is 24.5. The Kier molecular flexibility index (Phi) is 4.40. The number of anilines is 1. The molecule has 0 aromatic heterocycles. The molecule has 2 rings (SSSR count). The fourth-order valence-corrected chi connectivity index (χ4v) is 1.94. The van der Waals surface area contributed by atoms with Crippen molar-refractivity contribution in [3.8, 4) is 0 Å². The van der Waals surface area contributed by atoms with Crippen LogP contribution in [0, 0.1) is 0 Å². The monoisotopic (exact) mass is 274 g/mol. The average molecular weight is 274 g/mol. The SMILES string of the molecule is C=C1CN(C(=O)Nc2ccc(CCC(=O)OC)cc2)C1. The molecule has 1 aliphatic rings. The van der Waals surface area contributed by atoms with Gasteiger partial charge in [0, 0.05) is 25.2 Å². The van der Waals surface area contributed by atoms with Gasteiger partial charge in [-0.3, -0.25) is 4.79 Å². The van der Waals surface area contributed by atoms with Gasteiger partial charge >= 0.3 is 12.0 Å². The van der Waals surface area contributed by atoms with E-state index in [2.05, 4.69) is 16.6 Å². The normalized spacial score (nSPS) is 13.7. The van der Waals surface area contributed by atoms with Crippen molar-refractivity contribution in [3.05, 3.63) is 42.0 Å². The number of ether oxygens (including phenoxy) is 1. The molecule has 0 atom stereocenters. The Balaban J connectivity index is 1.83. The van der Waals surface area contributed by atoms with E-state index < -0.39 is 0 Å². The van der Waals surface area contributed by atoms with Crippen LogP contribution in [0.15, 0.2) is 36.4 Å². The van der Waals surface area contributed by atoms with Crippen LogP contribution in [0.4, 0.5) is 10.5 Å². The van der Waals surface area contributed by atoms with Crippen LogP contribution in [0.3, 0.4) is 0 Å². The Morgan fingerprint density at radius 3 is 2.50 bits per heavy atom. The molecule has 0 aliphatic carbocycles. The van der Waals surface area contributed by atoms with Crippen molar-refractivity contribution in [3.63, 3.8) is 0 Å². The Morgan fingerprint density at radius 1 is 1.30 bits per heavy atom. The fraction of sp³-hybridized carbons (Fsp3) is 0.333. The molecular weight excluding hydrogens is 256 g/mol. The number of rotatable bonds is 4. The molecule has 1 aliphatic heterocycles. The van der Waals surface area contributed by atoms with E-state index in [0.717, 1.165) is 16.8 Å². The molecule has 2 amide bonds. The van der Waals surface area contributed by atoms with E-state index in [1.165, 1.54) is 7.11 Å². The van der Waals surface area contributed by atoms with Crippen molar-refractivity contribution in [2.24, 2.45) is 0 Å². The Bertz CT molecular complexity index is 514. The maximum Gasteiger partial charge on any atom is 0.322 e. The summed E-state index contributed by atoms with van der Waals surface area (Å²) in [6.45, 7) is 5.05. The number of likely N-dealkylation sites (tertiary alicyclic amines) is 1. The number of hydrogen-bond acceptors (Lipinski definition) is 3. The number of methoxy groups -OCH3 is 1. The lowest BCUT2D eigenvalue weighted by Crippen LogP contribution is -2.46. The van der Waals surface area contributed by atoms with Gasteiger partial charge in [-0.1, -0.05) is 18.7 Å². The van der Waals surface area contributed by atoms with Crippen molar-refractivity contribution in [2.45, 2.75) is 12.8 Å². The molecule has 0 bridgehead atoms. The first-order chi connectivity index (χ1) is 9.58. The lowest BCUT2D eigenvalue weighted by molar-refractivity contribution is -0.140. The number of carbonyl (C=O) groups is 2. The highest BCUT2D eigenvalue weighted by Gasteiger charge is 2.23. The molecule has 0 radical (unpaired) electrons. The van der Waals surface area contributed by atoms with E-state index in [1.807, 2.05) is 24.3 Å². The third kappa shape index (κ3) is 3.60. The average Bonchev–Trinajstić information content (AvgIpc) is 2.42. The zero-order valence-electron chi connectivity index (χ0n) is 11.5. The molecule has 0 unspecified atom stereocenters. The highest BCUT2D eigenvalue weighted by atomic mass is 16.5. The number of esters is 1. The van der Waals surface area contributed by atoms with E-state index in [4.69, 9.17) is 0 Å². The molecule has 0 saturated carbocycles. The van der Waals surface area contributed by atoms with Crippen molar-refractivity contribution < 1.29 is 14.3 Å². The summed E-state index contributed by atoms with van der Waals surface area (Å²) in [6.07, 6.45) is 0.991. The molecule has 0 spiro atoms. The first kappa shape index (κ1) is 14.1. The molecule has 5 heteroatoms. The van der Waals surface area contributed by atoms with Crippen LogP contribution in [0.25, 0.3) is 0 Å². The van der Waals surface area contributed by atoms with Crippen molar-refractivity contribution in [1.29, 1.82) is 0 Å². The minimum Gasteiger partial charge on any atom is -0.469 e. The molecule has 5 nitrogen and oxygen atoms in total. The summed E-state index contributed by atoms with van der Waals surface area (Å²) in [5.74, 6) is -0.222. The van der Waals surface area contributed by atoms with Crippen LogP contribution in [-0.2, 0) is 16.0 Å². The predicted molar refractivity (Wildman–Crippen MR) is 76.5 cm³/mol. The summed E-state index contributed by atoms with van der Waals surface area (Å²) in [5.41, 5.74) is 2.85. The van der Waals surface area contributed by atoms with Gasteiger partial charge in [0.2, 0.25) is 0 Å². The molecule has 1 heterocycles. The molecule has 1 saturated heterocycles. The Morgan fingerprint density at radius 2 is 1.95 bits per heavy atom. The van der Waals surface area contributed by atoms with Crippen LogP contribution in [0.2, 0.25) is 0 Å². The van der Waals surface area contributed by atoms with E-state index in [-0.39, 0.29) is 12.0 Å². The van der Waals surface area contributed by atoms with E-state index in [1.54, 1.807) is 4.90 Å². The van der Waals surface area contributed by atoms with Crippen LogP contribution < -0.4 is 5.32 Å². The predicted octanol–water partition coefficient (Wildman–Crippen LogP) is 2.20. The number of benzene rings is 1. The Labute approximate surface area is 118 Å². The number of carbonyl (C=O) groups excluding carboxylic acids is 2. The number of nitrogens with one attached hydrogen (secondary N) is 1. The second-order valence-electron chi connectivity index (χ2n) is 4.81. The zero-order valence-corrected chi connectivity index (χ0v) is 11.5. The maximum absolute atomic E-state index is 11.8. The smallest absolute Gasteiger partial charge is 0.322 e. The molecule has 1 N–H and O–H groups in total. The summed E-state index contributed by atoms with van der Waals surface area (Å²) in [6, 6.07) is 7.35. The third-order valence-electron chi connectivity index (χ3n) is 3.17. The van der Waals surface area contributed by atoms with Crippen LogP contribution in [0.5, 0.6) is 0 Å². The molecule has 1 aromatic carbocycles.